The van der Waals surface area contributed by atoms with Crippen molar-refractivity contribution < 1.29 is 168 Å². The summed E-state index contributed by atoms with van der Waals surface area (Å²) in [5.74, 6) is 0.374. The minimum atomic E-state index is -3.67. The van der Waals surface area contributed by atoms with Gasteiger partial charge < -0.3 is 30.6 Å². The van der Waals surface area contributed by atoms with E-state index < -0.39 is 120 Å². The number of aryl methyl sites for hydroxylation is 6. The molecule has 38 nitrogen and oxygen atoms in total. The molecule has 0 amide bonds. The molecule has 50 heteroatoms. The van der Waals surface area contributed by atoms with Crippen molar-refractivity contribution in [1.82, 2.24) is 0 Å². The SMILES string of the molecule is CS(=O)(=O)O.CS(=O)(=O)O.CS(=O)(=O)O.CS(=O)(=O)O.CS(=O)(=O)O.CS(=O)(=O)O.CS(=O)(=O)O.CS(=O)(=O)O.Cc1ccc(C)cc1.Cc1ccc(S(=O)(=O)c2ccc(C)cc2)cc1.Cc1ccc(S(=O)(=O)c2ccc(C)cc2)cc1.O=S(=O)(c1ccc(O)cc1)c1ccc(O)cc1.O=S(=O)(c1ccc(O)cc1)c1ccc(O)cc1.Oc1ccc(O)cc1. The molecule has 14 N–H and O–H groups in total. The van der Waals surface area contributed by atoms with Gasteiger partial charge in [0.25, 0.3) is 80.9 Å². The van der Waals surface area contributed by atoms with Crippen molar-refractivity contribution in [2.45, 2.75) is 80.7 Å². The molecule has 10 aromatic rings. The molecule has 0 aliphatic rings. The molecule has 0 fully saturated rings. The number of hydrogen-bond donors (Lipinski definition) is 14. The highest BCUT2D eigenvalue weighted by Crippen LogP contribution is 2.27. The first-order valence-electron chi connectivity index (χ1n) is 32.9. The van der Waals surface area contributed by atoms with Crippen molar-refractivity contribution in [3.63, 3.8) is 0 Å². The molecule has 0 atom stereocenters. The van der Waals surface area contributed by atoms with Gasteiger partial charge in [0.15, 0.2) is 0 Å². The van der Waals surface area contributed by atoms with Crippen LogP contribution >= 0.6 is 0 Å². The van der Waals surface area contributed by atoms with E-state index >= 15 is 0 Å². The zero-order valence-electron chi connectivity index (χ0n) is 68.1. The van der Waals surface area contributed by atoms with Gasteiger partial charge in [-0.1, -0.05) is 106 Å². The number of phenolic OH excluding ortho intramolecular Hbond substituents is 6. The molecule has 0 bridgehead atoms. The van der Waals surface area contributed by atoms with Crippen molar-refractivity contribution in [3.05, 3.63) is 276 Å². The lowest BCUT2D eigenvalue weighted by atomic mass is 10.2. The summed E-state index contributed by atoms with van der Waals surface area (Å²) in [5.41, 5.74) is 6.85. The Bertz CT molecular complexity index is 5200. The summed E-state index contributed by atoms with van der Waals surface area (Å²) in [6.07, 6.45) is 5.72. The Labute approximate surface area is 723 Å². The molecule has 0 aliphatic carbocycles. The third kappa shape index (κ3) is 72.5. The fourth-order valence-corrected chi connectivity index (χ4v) is 12.0. The van der Waals surface area contributed by atoms with Crippen molar-refractivity contribution >= 4 is 120 Å². The summed E-state index contributed by atoms with van der Waals surface area (Å²) in [4.78, 5) is 1.75. The van der Waals surface area contributed by atoms with Gasteiger partial charge in [0.2, 0.25) is 39.3 Å². The number of rotatable bonds is 8. The van der Waals surface area contributed by atoms with E-state index in [1.54, 1.807) is 97.1 Å². The molecule has 0 heterocycles. The number of benzene rings is 10. The average Bonchev–Trinajstić information content (AvgIpc) is 0.823. The second kappa shape index (κ2) is 54.1. The highest BCUT2D eigenvalue weighted by atomic mass is 32.3. The van der Waals surface area contributed by atoms with Crippen molar-refractivity contribution in [1.29, 1.82) is 0 Å². The maximum Gasteiger partial charge on any atom is 0.261 e. The van der Waals surface area contributed by atoms with Crippen LogP contribution < -0.4 is 0 Å². The standard InChI is InChI=1S/2C14H14O2S.2C12H10O4S.C8H10.C6H6O2.8CH4O3S/c2*1-11-3-7-13(8-4-11)17(15,16)14-9-5-12(2)6-10-14;2*13-9-1-5-11(6-2-9)17(15,16)12-7-3-10(14)4-8-12;1-7-3-5-8(2)6-4-7;7-5-1-2-6(8)4-3-5;8*1-5(2,3)4/h2*3-10H,1-2H3;2*1-8,13-14H;3-6H,1-2H3;1-4,7-8H;8*1H3,(H,2,3,4). The van der Waals surface area contributed by atoms with Gasteiger partial charge in [-0.15, -0.1) is 0 Å². The van der Waals surface area contributed by atoms with Gasteiger partial charge in [-0.2, -0.15) is 67.3 Å². The number of phenols is 6. The minimum Gasteiger partial charge on any atom is -0.508 e. The van der Waals surface area contributed by atoms with Gasteiger partial charge in [-0.05, 0) is 211 Å². The summed E-state index contributed by atoms with van der Waals surface area (Å²) in [6.45, 7) is 11.9. The van der Waals surface area contributed by atoms with E-state index in [2.05, 4.69) is 38.1 Å². The Hall–Kier alpha value is -9.92. The van der Waals surface area contributed by atoms with Gasteiger partial charge in [-0.25, -0.2) is 33.7 Å². The molecule has 124 heavy (non-hydrogen) atoms. The van der Waals surface area contributed by atoms with Crippen LogP contribution in [0, 0.1) is 41.5 Å². The van der Waals surface area contributed by atoms with Gasteiger partial charge >= 0.3 is 0 Å². The van der Waals surface area contributed by atoms with Gasteiger partial charge in [0.1, 0.15) is 34.5 Å². The molecule has 0 aromatic heterocycles. The lowest BCUT2D eigenvalue weighted by Gasteiger charge is -2.05. The highest BCUT2D eigenvalue weighted by Gasteiger charge is 2.21. The van der Waals surface area contributed by atoms with Crippen LogP contribution in [0.4, 0.5) is 0 Å². The first-order valence-corrected chi connectivity index (χ1v) is 53.6. The molecule has 692 valence electrons. The van der Waals surface area contributed by atoms with Crippen molar-refractivity contribution in [2.75, 3.05) is 50.0 Å². The van der Waals surface area contributed by atoms with Crippen LogP contribution in [0.15, 0.2) is 282 Å². The monoisotopic (exact) mass is 1980 g/mol. The van der Waals surface area contributed by atoms with E-state index in [1.807, 2.05) is 27.7 Å². The fraction of sp³-hybridized carbons (Fsp3) is 0.189. The van der Waals surface area contributed by atoms with E-state index in [0.29, 0.717) is 69.6 Å². The predicted octanol–water partition coefficient (Wildman–Crippen LogP) is 9.57. The van der Waals surface area contributed by atoms with E-state index in [4.69, 9.17) is 67.1 Å². The van der Waals surface area contributed by atoms with E-state index in [1.165, 1.54) is 132 Å². The van der Waals surface area contributed by atoms with Crippen LogP contribution in [0.3, 0.4) is 0 Å². The summed E-state index contributed by atoms with van der Waals surface area (Å²) in [5, 5.41) is 53.7. The first-order chi connectivity index (χ1) is 55.6. The molecule has 10 rings (SSSR count). The zero-order valence-corrected chi connectivity index (χ0v) is 77.8. The Kier molecular flexibility index (Phi) is 52.5. The third-order valence-electron chi connectivity index (χ3n) is 12.0. The van der Waals surface area contributed by atoms with Crippen LogP contribution in [0.5, 0.6) is 34.5 Å². The second-order valence-electron chi connectivity index (χ2n) is 24.8. The quantitative estimate of drug-likeness (QED) is 0.0497. The highest BCUT2D eigenvalue weighted by molar-refractivity contribution is 7.92. The maximum absolute atomic E-state index is 12.3. The number of sulfone groups is 4. The summed E-state index contributed by atoms with van der Waals surface area (Å²) in [6, 6.07) is 62.9. The Balaban J connectivity index is -0.000000648. The molecule has 10 aromatic carbocycles. The Morgan fingerprint density at radius 1 is 0.137 bits per heavy atom. The minimum absolute atomic E-state index is 0.00894. The molecule has 0 radical (unpaired) electrons. The summed E-state index contributed by atoms with van der Waals surface area (Å²) < 4.78 is 304. The van der Waals surface area contributed by atoms with Gasteiger partial charge in [0.05, 0.1) is 89.2 Å². The topological polar surface area (TPSA) is 693 Å². The second-order valence-corrected chi connectivity index (χ2v) is 44.3. The first kappa shape index (κ1) is 120. The smallest absolute Gasteiger partial charge is 0.261 e. The average molecular weight is 1980 g/mol. The van der Waals surface area contributed by atoms with Crippen molar-refractivity contribution in [2.24, 2.45) is 0 Å². The van der Waals surface area contributed by atoms with Crippen LogP contribution in [0.1, 0.15) is 33.4 Å². The zero-order chi connectivity index (χ0) is 97.8. The van der Waals surface area contributed by atoms with Crippen LogP contribution in [0.2, 0.25) is 0 Å². The van der Waals surface area contributed by atoms with E-state index in [9.17, 15) is 101 Å². The molecule has 0 unspecified atom stereocenters. The number of hydrogen-bond acceptors (Lipinski definition) is 30. The Morgan fingerprint density at radius 3 is 0.274 bits per heavy atom. The van der Waals surface area contributed by atoms with Gasteiger partial charge in [0, 0.05) is 0 Å². The summed E-state index contributed by atoms with van der Waals surface area (Å²) in [7, 11) is -43.3. The largest absolute Gasteiger partial charge is 0.508 e. The molecule has 0 saturated heterocycles. The third-order valence-corrected chi connectivity index (χ3v) is 19.1. The molecule has 0 saturated carbocycles. The van der Waals surface area contributed by atoms with Crippen LogP contribution in [-0.4, -0.2) is 218 Å². The van der Waals surface area contributed by atoms with Gasteiger partial charge in [-0.3, -0.25) is 36.4 Å². The normalized spacial score (nSPS) is 11.1. The fourth-order valence-electron chi connectivity index (χ4n) is 7.00. The van der Waals surface area contributed by atoms with E-state index in [-0.39, 0.29) is 54.1 Å². The molecule has 0 aliphatic heterocycles. The Morgan fingerprint density at radius 2 is 0.194 bits per heavy atom. The molecular formula is C74H96O38S12. The number of aromatic hydroxyl groups is 6. The summed E-state index contributed by atoms with van der Waals surface area (Å²) >= 11 is 0. The van der Waals surface area contributed by atoms with E-state index in [0.717, 1.165) is 22.3 Å². The van der Waals surface area contributed by atoms with Crippen LogP contribution in [-0.2, 0) is 120 Å². The maximum atomic E-state index is 12.3. The molecular weight excluding hydrogens is 1880 g/mol. The lowest BCUT2D eigenvalue weighted by molar-refractivity contribution is 0.460. The predicted molar refractivity (Wildman–Crippen MR) is 464 cm³/mol. The lowest BCUT2D eigenvalue weighted by Crippen LogP contribution is -2.01. The van der Waals surface area contributed by atoms with Crippen molar-refractivity contribution in [3.8, 4) is 34.5 Å². The van der Waals surface area contributed by atoms with Crippen LogP contribution in [0.25, 0.3) is 0 Å². The molecule has 0 spiro atoms.